The second-order valence-electron chi connectivity index (χ2n) is 13.5. The van der Waals surface area contributed by atoms with Crippen LogP contribution in [0, 0.1) is 0 Å². The molecule has 1 aliphatic rings. The zero-order chi connectivity index (χ0) is 32.9. The van der Waals surface area contributed by atoms with Crippen molar-refractivity contribution in [3.8, 4) is 0 Å². The van der Waals surface area contributed by atoms with E-state index in [1.165, 1.54) is 128 Å². The van der Waals surface area contributed by atoms with Gasteiger partial charge in [-0.25, -0.2) is 8.42 Å². The molecule has 45 heavy (non-hydrogen) atoms. The molecule has 0 aliphatic carbocycles. The molecule has 0 amide bonds. The largest absolute Gasteiger partial charge is 0.466 e. The predicted molar refractivity (Wildman–Crippen MR) is 187 cm³/mol. The van der Waals surface area contributed by atoms with Crippen molar-refractivity contribution in [2.24, 2.45) is 0 Å². The molecule has 0 N–H and O–H groups in total. The van der Waals surface area contributed by atoms with E-state index in [-0.39, 0.29) is 42.3 Å². The molecule has 266 valence electrons. The van der Waals surface area contributed by atoms with E-state index >= 15 is 0 Å². The Labute approximate surface area is 278 Å². The Morgan fingerprint density at radius 3 is 1.11 bits per heavy atom. The number of rotatable bonds is 31. The molecule has 0 aromatic carbocycles. The standard InChI is InChI=1S/C37H71NO6S/c1-3-5-7-9-11-13-15-17-19-21-23-25-29-43-36(39)33-35(38-27-31-45(41,42)32-28-38)34-37(40)44-30-26-24-22-20-18-16-14-12-10-8-6-4-2/h35H,3-34H2,1-2H3. The summed E-state index contributed by atoms with van der Waals surface area (Å²) in [5, 5.41) is 0. The molecule has 8 heteroatoms. The third-order valence-electron chi connectivity index (χ3n) is 9.22. The molecule has 0 atom stereocenters. The fourth-order valence-corrected chi connectivity index (χ4v) is 7.41. The van der Waals surface area contributed by atoms with Crippen molar-refractivity contribution in [2.45, 2.75) is 187 Å². The third kappa shape index (κ3) is 25.6. The molecule has 0 aromatic rings. The van der Waals surface area contributed by atoms with Gasteiger partial charge in [-0.15, -0.1) is 0 Å². The summed E-state index contributed by atoms with van der Waals surface area (Å²) in [6.45, 7) is 5.99. The van der Waals surface area contributed by atoms with Crippen LogP contribution in [0.3, 0.4) is 0 Å². The molecule has 1 rings (SSSR count). The van der Waals surface area contributed by atoms with E-state index in [4.69, 9.17) is 9.47 Å². The van der Waals surface area contributed by atoms with Crippen LogP contribution >= 0.6 is 0 Å². The van der Waals surface area contributed by atoms with Crippen LogP contribution < -0.4 is 0 Å². The van der Waals surface area contributed by atoms with Gasteiger partial charge in [-0.05, 0) is 12.8 Å². The molecular weight excluding hydrogens is 586 g/mol. The first-order valence-corrected chi connectivity index (χ1v) is 21.0. The van der Waals surface area contributed by atoms with Crippen molar-refractivity contribution in [1.29, 1.82) is 0 Å². The smallest absolute Gasteiger partial charge is 0.307 e. The lowest BCUT2D eigenvalue weighted by atomic mass is 10.1. The Kier molecular flexibility index (Phi) is 27.0. The van der Waals surface area contributed by atoms with Crippen LogP contribution in [-0.2, 0) is 28.9 Å². The number of ether oxygens (including phenoxy) is 2. The lowest BCUT2D eigenvalue weighted by Crippen LogP contribution is -2.47. The molecule has 0 aromatic heterocycles. The van der Waals surface area contributed by atoms with Crippen LogP contribution in [0.25, 0.3) is 0 Å². The highest BCUT2D eigenvalue weighted by Gasteiger charge is 2.30. The lowest BCUT2D eigenvalue weighted by Gasteiger charge is -2.33. The monoisotopic (exact) mass is 658 g/mol. The van der Waals surface area contributed by atoms with E-state index in [0.29, 0.717) is 26.3 Å². The van der Waals surface area contributed by atoms with E-state index in [0.717, 1.165) is 25.7 Å². The van der Waals surface area contributed by atoms with Gasteiger partial charge in [-0.3, -0.25) is 14.5 Å². The van der Waals surface area contributed by atoms with Crippen molar-refractivity contribution in [2.75, 3.05) is 37.8 Å². The van der Waals surface area contributed by atoms with Crippen LogP contribution in [0.5, 0.6) is 0 Å². The van der Waals surface area contributed by atoms with Crippen LogP contribution in [0.1, 0.15) is 181 Å². The summed E-state index contributed by atoms with van der Waals surface area (Å²) in [6.07, 6.45) is 30.3. The Morgan fingerprint density at radius 2 is 0.800 bits per heavy atom. The second-order valence-corrected chi connectivity index (χ2v) is 15.8. The van der Waals surface area contributed by atoms with Crippen molar-refractivity contribution >= 4 is 21.8 Å². The van der Waals surface area contributed by atoms with Gasteiger partial charge >= 0.3 is 11.9 Å². The minimum Gasteiger partial charge on any atom is -0.466 e. The number of hydrogen-bond acceptors (Lipinski definition) is 7. The van der Waals surface area contributed by atoms with E-state index in [1.807, 2.05) is 4.90 Å². The number of nitrogens with zero attached hydrogens (tertiary/aromatic N) is 1. The normalized spacial score (nSPS) is 15.0. The van der Waals surface area contributed by atoms with Gasteiger partial charge < -0.3 is 9.47 Å². The quantitative estimate of drug-likeness (QED) is 0.0542. The van der Waals surface area contributed by atoms with E-state index in [1.54, 1.807) is 0 Å². The van der Waals surface area contributed by atoms with Crippen molar-refractivity contribution in [3.63, 3.8) is 0 Å². The maximum atomic E-state index is 12.7. The summed E-state index contributed by atoms with van der Waals surface area (Å²) in [4.78, 5) is 27.3. The zero-order valence-corrected chi connectivity index (χ0v) is 30.3. The zero-order valence-electron chi connectivity index (χ0n) is 29.5. The molecule has 0 saturated carbocycles. The molecule has 1 fully saturated rings. The first-order valence-electron chi connectivity index (χ1n) is 19.1. The number of esters is 2. The molecule has 7 nitrogen and oxygen atoms in total. The highest BCUT2D eigenvalue weighted by molar-refractivity contribution is 7.91. The highest BCUT2D eigenvalue weighted by Crippen LogP contribution is 2.17. The Balaban J connectivity index is 2.20. The van der Waals surface area contributed by atoms with Gasteiger partial charge in [0.1, 0.15) is 0 Å². The summed E-state index contributed by atoms with van der Waals surface area (Å²) in [5.74, 6) is -0.507. The van der Waals surface area contributed by atoms with Gasteiger partial charge in [0.05, 0.1) is 37.6 Å². The second kappa shape index (κ2) is 29.0. The molecule has 1 aliphatic heterocycles. The number of carbonyl (C=O) groups excluding carboxylic acids is 2. The molecule has 1 heterocycles. The van der Waals surface area contributed by atoms with E-state index in [9.17, 15) is 18.0 Å². The van der Waals surface area contributed by atoms with Gasteiger partial charge in [-0.1, -0.05) is 155 Å². The van der Waals surface area contributed by atoms with Crippen LogP contribution in [0.2, 0.25) is 0 Å². The van der Waals surface area contributed by atoms with Gasteiger partial charge in [0.2, 0.25) is 0 Å². The van der Waals surface area contributed by atoms with E-state index < -0.39 is 9.84 Å². The van der Waals surface area contributed by atoms with Crippen molar-refractivity contribution in [3.05, 3.63) is 0 Å². The first-order chi connectivity index (χ1) is 21.9. The molecule has 0 radical (unpaired) electrons. The average molecular weight is 658 g/mol. The predicted octanol–water partition coefficient (Wildman–Crippen LogP) is 9.35. The summed E-state index contributed by atoms with van der Waals surface area (Å²) < 4.78 is 35.0. The van der Waals surface area contributed by atoms with Crippen molar-refractivity contribution < 1.29 is 27.5 Å². The van der Waals surface area contributed by atoms with Gasteiger partial charge in [0.15, 0.2) is 9.84 Å². The summed E-state index contributed by atoms with van der Waals surface area (Å²) in [5.41, 5.74) is 0. The van der Waals surface area contributed by atoms with Crippen LogP contribution in [0.4, 0.5) is 0 Å². The number of sulfone groups is 1. The fourth-order valence-electron chi connectivity index (χ4n) is 6.18. The van der Waals surface area contributed by atoms with Crippen LogP contribution in [-0.4, -0.2) is 69.1 Å². The lowest BCUT2D eigenvalue weighted by molar-refractivity contribution is -0.148. The number of unbranched alkanes of at least 4 members (excludes halogenated alkanes) is 22. The summed E-state index contributed by atoms with van der Waals surface area (Å²) >= 11 is 0. The highest BCUT2D eigenvalue weighted by atomic mass is 32.2. The van der Waals surface area contributed by atoms with Gasteiger partial charge in [0.25, 0.3) is 0 Å². The Hall–Kier alpha value is -1.15. The van der Waals surface area contributed by atoms with Gasteiger partial charge in [0, 0.05) is 19.1 Å². The Bertz CT molecular complexity index is 760. The fraction of sp³-hybridized carbons (Fsp3) is 0.946. The summed E-state index contributed by atoms with van der Waals surface area (Å²) in [7, 11) is -3.05. The van der Waals surface area contributed by atoms with Crippen molar-refractivity contribution in [1.82, 2.24) is 4.90 Å². The molecule has 0 bridgehead atoms. The minimum atomic E-state index is -3.05. The molecule has 0 unspecified atom stereocenters. The molecule has 0 spiro atoms. The summed E-state index contributed by atoms with van der Waals surface area (Å²) in [6, 6.07) is -0.385. The van der Waals surface area contributed by atoms with Crippen LogP contribution in [0.15, 0.2) is 0 Å². The topological polar surface area (TPSA) is 90.0 Å². The molecule has 1 saturated heterocycles. The maximum Gasteiger partial charge on any atom is 0.307 e. The number of carbonyl (C=O) groups is 2. The van der Waals surface area contributed by atoms with Gasteiger partial charge in [-0.2, -0.15) is 0 Å². The third-order valence-corrected chi connectivity index (χ3v) is 10.8. The SMILES string of the molecule is CCCCCCCCCCCCCCOC(=O)CC(CC(=O)OCCCCCCCCCCCCCC)N1CCS(=O)(=O)CC1. The first kappa shape index (κ1) is 41.9. The Morgan fingerprint density at radius 1 is 0.511 bits per heavy atom. The number of hydrogen-bond donors (Lipinski definition) is 0. The maximum absolute atomic E-state index is 12.7. The average Bonchev–Trinajstić information content (AvgIpc) is 3.01. The molecular formula is C37H71NO6S. The minimum absolute atomic E-state index is 0.0608. The van der Waals surface area contributed by atoms with E-state index in [2.05, 4.69) is 13.8 Å².